The van der Waals surface area contributed by atoms with Crippen LogP contribution in [0.3, 0.4) is 0 Å². The Morgan fingerprint density at radius 1 is 0.853 bits per heavy atom. The van der Waals surface area contributed by atoms with Crippen LogP contribution in [-0.4, -0.2) is 28.4 Å². The first-order chi connectivity index (χ1) is 16.3. The second-order valence-corrected chi connectivity index (χ2v) is 10.1. The van der Waals surface area contributed by atoms with Crippen molar-refractivity contribution in [1.82, 2.24) is 0 Å². The van der Waals surface area contributed by atoms with E-state index < -0.39 is 9.84 Å². The summed E-state index contributed by atoms with van der Waals surface area (Å²) in [5.41, 5.74) is 7.29. The minimum absolute atomic E-state index is 0.0392. The van der Waals surface area contributed by atoms with Crippen molar-refractivity contribution in [3.05, 3.63) is 89.3 Å². The predicted octanol–water partition coefficient (Wildman–Crippen LogP) is 5.15. The van der Waals surface area contributed by atoms with Crippen molar-refractivity contribution < 1.29 is 22.7 Å². The highest BCUT2D eigenvalue weighted by Crippen LogP contribution is 2.44. The molecule has 0 aliphatic carbocycles. The van der Waals surface area contributed by atoms with Gasteiger partial charge in [0.25, 0.3) is 0 Å². The molecule has 174 valence electrons. The van der Waals surface area contributed by atoms with Gasteiger partial charge in [0, 0.05) is 11.3 Å². The molecule has 0 aliphatic rings. The van der Waals surface area contributed by atoms with Crippen LogP contribution in [0.4, 0.5) is 16.4 Å². The van der Waals surface area contributed by atoms with E-state index in [1.165, 1.54) is 26.4 Å². The number of hydrogen-bond donors (Lipinski definition) is 2. The van der Waals surface area contributed by atoms with Crippen molar-refractivity contribution in [2.45, 2.75) is 9.79 Å². The quantitative estimate of drug-likeness (QED) is 0.326. The SMILES string of the molecule is COc1ccc(C(=O)c2sc(Nc3ccccc3)c(S(=O)(=O)c3ccc(OC)cc3)c2N)cc1. The van der Waals surface area contributed by atoms with Gasteiger partial charge in [0.05, 0.1) is 24.8 Å². The van der Waals surface area contributed by atoms with Gasteiger partial charge < -0.3 is 20.5 Å². The number of hydrogen-bond acceptors (Lipinski definition) is 8. The van der Waals surface area contributed by atoms with Crippen LogP contribution in [-0.2, 0) is 9.84 Å². The van der Waals surface area contributed by atoms with E-state index >= 15 is 0 Å². The molecule has 34 heavy (non-hydrogen) atoms. The molecule has 0 radical (unpaired) electrons. The summed E-state index contributed by atoms with van der Waals surface area (Å²) in [4.78, 5) is 13.3. The molecule has 0 spiro atoms. The lowest BCUT2D eigenvalue weighted by Crippen LogP contribution is -2.08. The molecular weight excluding hydrogens is 472 g/mol. The molecule has 0 unspecified atom stereocenters. The van der Waals surface area contributed by atoms with Crippen LogP contribution in [0.1, 0.15) is 15.2 Å². The Kier molecular flexibility index (Phi) is 6.58. The normalized spacial score (nSPS) is 11.1. The van der Waals surface area contributed by atoms with Crippen LogP contribution in [0.2, 0.25) is 0 Å². The van der Waals surface area contributed by atoms with Gasteiger partial charge in [-0.1, -0.05) is 18.2 Å². The molecule has 3 N–H and O–H groups in total. The standard InChI is InChI=1S/C25H22N2O5S2/c1-31-18-10-8-16(9-11-18)22(28)23-21(26)24(25(33-23)27-17-6-4-3-5-7-17)34(29,30)20-14-12-19(32-2)13-15-20/h3-15,27H,26H2,1-2H3. The number of ether oxygens (including phenoxy) is 2. The Bertz CT molecular complexity index is 1410. The van der Waals surface area contributed by atoms with Crippen LogP contribution in [0.15, 0.2) is 88.7 Å². The Balaban J connectivity index is 1.84. The number of para-hydroxylation sites is 1. The van der Waals surface area contributed by atoms with Crippen molar-refractivity contribution >= 4 is 43.3 Å². The van der Waals surface area contributed by atoms with Crippen LogP contribution >= 0.6 is 11.3 Å². The molecule has 0 fully saturated rings. The van der Waals surface area contributed by atoms with Gasteiger partial charge in [-0.3, -0.25) is 4.79 Å². The summed E-state index contributed by atoms with van der Waals surface area (Å²) in [5.74, 6) is 0.748. The third-order valence-corrected chi connectivity index (χ3v) is 8.23. The number of carbonyl (C=O) groups excluding carboxylic acids is 1. The Labute approximate surface area is 201 Å². The molecule has 1 aromatic heterocycles. The van der Waals surface area contributed by atoms with E-state index in [1.807, 2.05) is 18.2 Å². The summed E-state index contributed by atoms with van der Waals surface area (Å²) in [6.45, 7) is 0. The average Bonchev–Trinajstić information content (AvgIpc) is 3.20. The van der Waals surface area contributed by atoms with E-state index in [2.05, 4.69) is 5.32 Å². The van der Waals surface area contributed by atoms with Gasteiger partial charge in [-0.15, -0.1) is 11.3 Å². The van der Waals surface area contributed by atoms with Crippen LogP contribution in [0.5, 0.6) is 11.5 Å². The van der Waals surface area contributed by atoms with E-state index in [0.717, 1.165) is 11.3 Å². The lowest BCUT2D eigenvalue weighted by atomic mass is 10.1. The fourth-order valence-corrected chi connectivity index (χ4v) is 6.28. The highest BCUT2D eigenvalue weighted by Gasteiger charge is 2.31. The number of rotatable bonds is 8. The van der Waals surface area contributed by atoms with E-state index in [4.69, 9.17) is 15.2 Å². The first-order valence-corrected chi connectivity index (χ1v) is 12.5. The highest BCUT2D eigenvalue weighted by molar-refractivity contribution is 7.92. The van der Waals surface area contributed by atoms with Gasteiger partial charge in [0.15, 0.2) is 0 Å². The zero-order valence-electron chi connectivity index (χ0n) is 18.4. The number of ketones is 1. The van der Waals surface area contributed by atoms with Crippen LogP contribution < -0.4 is 20.5 Å². The van der Waals surface area contributed by atoms with Gasteiger partial charge in [-0.25, -0.2) is 8.42 Å². The molecule has 0 saturated carbocycles. The second kappa shape index (κ2) is 9.58. The monoisotopic (exact) mass is 494 g/mol. The number of sulfone groups is 1. The Hall–Kier alpha value is -3.82. The fourth-order valence-electron chi connectivity index (χ4n) is 3.35. The van der Waals surface area contributed by atoms with Gasteiger partial charge in [0.1, 0.15) is 26.3 Å². The number of benzene rings is 3. The number of thiophene rings is 1. The number of methoxy groups -OCH3 is 2. The largest absolute Gasteiger partial charge is 0.497 e. The molecule has 0 bridgehead atoms. The molecule has 3 aromatic carbocycles. The third-order valence-electron chi connectivity index (χ3n) is 5.13. The average molecular weight is 495 g/mol. The molecule has 0 amide bonds. The number of nitrogens with one attached hydrogen (secondary N) is 1. The minimum atomic E-state index is -4.06. The van der Waals surface area contributed by atoms with Crippen molar-refractivity contribution in [3.8, 4) is 11.5 Å². The number of nitrogens with two attached hydrogens (primary N) is 1. The predicted molar refractivity (Wildman–Crippen MR) is 133 cm³/mol. The lowest BCUT2D eigenvalue weighted by molar-refractivity contribution is 0.104. The molecule has 9 heteroatoms. The zero-order valence-corrected chi connectivity index (χ0v) is 20.1. The highest BCUT2D eigenvalue weighted by atomic mass is 32.2. The summed E-state index contributed by atoms with van der Waals surface area (Å²) in [6, 6.07) is 21.6. The topological polar surface area (TPSA) is 108 Å². The number of anilines is 3. The molecular formula is C25H22N2O5S2. The van der Waals surface area contributed by atoms with E-state index in [9.17, 15) is 13.2 Å². The summed E-state index contributed by atoms with van der Waals surface area (Å²) in [6.07, 6.45) is 0. The first kappa shape index (κ1) is 23.3. The van der Waals surface area contributed by atoms with Gasteiger partial charge in [0.2, 0.25) is 15.6 Å². The maximum atomic E-state index is 13.6. The van der Waals surface area contributed by atoms with Gasteiger partial charge in [-0.05, 0) is 60.7 Å². The summed E-state index contributed by atoms with van der Waals surface area (Å²) >= 11 is 1.00. The molecule has 7 nitrogen and oxygen atoms in total. The third kappa shape index (κ3) is 4.48. The maximum absolute atomic E-state index is 13.6. The van der Waals surface area contributed by atoms with Gasteiger partial charge >= 0.3 is 0 Å². The first-order valence-electron chi connectivity index (χ1n) is 10.2. The molecule has 4 aromatic rings. The Morgan fingerprint density at radius 2 is 1.41 bits per heavy atom. The Morgan fingerprint density at radius 3 is 1.97 bits per heavy atom. The summed E-state index contributed by atoms with van der Waals surface area (Å²) in [7, 11) is -1.02. The van der Waals surface area contributed by atoms with Crippen LogP contribution in [0.25, 0.3) is 0 Å². The molecule has 4 rings (SSSR count). The molecule has 1 heterocycles. The maximum Gasteiger partial charge on any atom is 0.211 e. The molecule has 0 atom stereocenters. The summed E-state index contributed by atoms with van der Waals surface area (Å²) < 4.78 is 37.6. The minimum Gasteiger partial charge on any atom is -0.497 e. The van der Waals surface area contributed by atoms with Crippen molar-refractivity contribution in [1.29, 1.82) is 0 Å². The van der Waals surface area contributed by atoms with Crippen molar-refractivity contribution in [3.63, 3.8) is 0 Å². The van der Waals surface area contributed by atoms with Crippen LogP contribution in [0, 0.1) is 0 Å². The zero-order chi connectivity index (χ0) is 24.3. The fraction of sp³-hybridized carbons (Fsp3) is 0.0800. The van der Waals surface area contributed by atoms with E-state index in [1.54, 1.807) is 48.5 Å². The summed E-state index contributed by atoms with van der Waals surface area (Å²) in [5, 5.41) is 3.38. The van der Waals surface area contributed by atoms with Crippen molar-refractivity contribution in [2.75, 3.05) is 25.3 Å². The molecule has 0 saturated heterocycles. The smallest absolute Gasteiger partial charge is 0.211 e. The van der Waals surface area contributed by atoms with E-state index in [0.29, 0.717) is 22.7 Å². The van der Waals surface area contributed by atoms with E-state index in [-0.39, 0.29) is 31.1 Å². The van der Waals surface area contributed by atoms with Gasteiger partial charge in [-0.2, -0.15) is 0 Å². The lowest BCUT2D eigenvalue weighted by Gasteiger charge is -2.10. The number of nitrogen functional groups attached to an aromatic ring is 1. The molecule has 0 aliphatic heterocycles. The van der Waals surface area contributed by atoms with Crippen molar-refractivity contribution in [2.24, 2.45) is 0 Å². The number of carbonyl (C=O) groups is 1. The second-order valence-electron chi connectivity index (χ2n) is 7.23.